The monoisotopic (exact) mass is 346 g/mol. The first-order valence-electron chi connectivity index (χ1n) is 7.55. The van der Waals surface area contributed by atoms with Gasteiger partial charge in [-0.15, -0.1) is 0 Å². The average Bonchev–Trinajstić information content (AvgIpc) is 2.94. The average molecular weight is 346 g/mol. The van der Waals surface area contributed by atoms with E-state index in [-0.39, 0.29) is 12.1 Å². The SMILES string of the molecule is Cc1cn2cc(NC(=O)NCC(O)c3ccc(F)c(F)c3)ccc2n1. The Labute approximate surface area is 142 Å². The van der Waals surface area contributed by atoms with Gasteiger partial charge in [0.25, 0.3) is 0 Å². The lowest BCUT2D eigenvalue weighted by atomic mass is 10.1. The number of nitrogens with zero attached hydrogens (tertiary/aromatic N) is 2. The van der Waals surface area contributed by atoms with E-state index in [1.807, 2.05) is 13.1 Å². The minimum Gasteiger partial charge on any atom is -0.387 e. The number of hydrogen-bond donors (Lipinski definition) is 3. The van der Waals surface area contributed by atoms with Crippen LogP contribution in [0, 0.1) is 18.6 Å². The van der Waals surface area contributed by atoms with Crippen LogP contribution < -0.4 is 10.6 Å². The van der Waals surface area contributed by atoms with Crippen molar-refractivity contribution in [2.24, 2.45) is 0 Å². The zero-order chi connectivity index (χ0) is 18.0. The summed E-state index contributed by atoms with van der Waals surface area (Å²) in [6.07, 6.45) is 2.38. The van der Waals surface area contributed by atoms with Crippen LogP contribution in [0.25, 0.3) is 5.65 Å². The first kappa shape index (κ1) is 16.8. The summed E-state index contributed by atoms with van der Waals surface area (Å²) in [7, 11) is 0. The summed E-state index contributed by atoms with van der Waals surface area (Å²) >= 11 is 0. The minimum atomic E-state index is -1.15. The molecular weight excluding hydrogens is 330 g/mol. The van der Waals surface area contributed by atoms with Crippen molar-refractivity contribution in [2.75, 3.05) is 11.9 Å². The normalized spacial score (nSPS) is 12.2. The Morgan fingerprint density at radius 3 is 2.80 bits per heavy atom. The van der Waals surface area contributed by atoms with E-state index in [0.717, 1.165) is 23.5 Å². The van der Waals surface area contributed by atoms with Crippen LogP contribution in [-0.4, -0.2) is 27.1 Å². The van der Waals surface area contributed by atoms with Gasteiger partial charge in [-0.3, -0.25) is 0 Å². The largest absolute Gasteiger partial charge is 0.387 e. The lowest BCUT2D eigenvalue weighted by Crippen LogP contribution is -2.32. The molecule has 25 heavy (non-hydrogen) atoms. The van der Waals surface area contributed by atoms with Crippen LogP contribution in [0.3, 0.4) is 0 Å². The number of carbonyl (C=O) groups is 1. The molecule has 6 nitrogen and oxygen atoms in total. The van der Waals surface area contributed by atoms with E-state index < -0.39 is 23.8 Å². The van der Waals surface area contributed by atoms with E-state index >= 15 is 0 Å². The van der Waals surface area contributed by atoms with Gasteiger partial charge in [0.2, 0.25) is 0 Å². The molecule has 0 saturated carbocycles. The molecule has 3 aromatic rings. The third-order valence-corrected chi connectivity index (χ3v) is 3.61. The van der Waals surface area contributed by atoms with Crippen molar-refractivity contribution >= 4 is 17.4 Å². The highest BCUT2D eigenvalue weighted by molar-refractivity contribution is 5.89. The fourth-order valence-electron chi connectivity index (χ4n) is 2.39. The fraction of sp³-hybridized carbons (Fsp3) is 0.176. The van der Waals surface area contributed by atoms with Crippen molar-refractivity contribution in [2.45, 2.75) is 13.0 Å². The molecule has 1 aromatic carbocycles. The van der Waals surface area contributed by atoms with Gasteiger partial charge >= 0.3 is 6.03 Å². The maximum Gasteiger partial charge on any atom is 0.319 e. The van der Waals surface area contributed by atoms with Crippen LogP contribution in [0.4, 0.5) is 19.3 Å². The molecule has 2 amide bonds. The molecular formula is C17H16F2N4O2. The number of benzene rings is 1. The van der Waals surface area contributed by atoms with Crippen molar-refractivity contribution in [3.8, 4) is 0 Å². The second kappa shape index (κ2) is 6.86. The van der Waals surface area contributed by atoms with Gasteiger partial charge in [-0.25, -0.2) is 18.6 Å². The summed E-state index contributed by atoms with van der Waals surface area (Å²) in [6, 6.07) is 6.02. The quantitative estimate of drug-likeness (QED) is 0.680. The summed E-state index contributed by atoms with van der Waals surface area (Å²) in [6.45, 7) is 1.72. The number of imidazole rings is 1. The molecule has 2 heterocycles. The van der Waals surface area contributed by atoms with Crippen LogP contribution >= 0.6 is 0 Å². The van der Waals surface area contributed by atoms with Crippen LogP contribution in [0.1, 0.15) is 17.4 Å². The number of nitrogens with one attached hydrogen (secondary N) is 2. The number of anilines is 1. The summed E-state index contributed by atoms with van der Waals surface area (Å²) in [4.78, 5) is 16.2. The van der Waals surface area contributed by atoms with E-state index in [0.29, 0.717) is 5.69 Å². The molecule has 3 N–H and O–H groups in total. The number of aryl methyl sites for hydroxylation is 1. The number of fused-ring (bicyclic) bond motifs is 1. The summed E-state index contributed by atoms with van der Waals surface area (Å²) < 4.78 is 27.8. The Morgan fingerprint density at radius 1 is 1.24 bits per heavy atom. The van der Waals surface area contributed by atoms with Crippen molar-refractivity contribution in [1.29, 1.82) is 0 Å². The van der Waals surface area contributed by atoms with Gasteiger partial charge < -0.3 is 20.1 Å². The molecule has 0 spiro atoms. The number of halogens is 2. The Hall–Kier alpha value is -3.00. The molecule has 0 aliphatic heterocycles. The Kier molecular flexibility index (Phi) is 4.62. The van der Waals surface area contributed by atoms with E-state index in [1.54, 1.807) is 22.7 Å². The third kappa shape index (κ3) is 3.92. The van der Waals surface area contributed by atoms with Crippen molar-refractivity contribution in [3.05, 3.63) is 65.6 Å². The van der Waals surface area contributed by atoms with Gasteiger partial charge in [0.1, 0.15) is 5.65 Å². The number of urea groups is 1. The van der Waals surface area contributed by atoms with Gasteiger partial charge in [0.05, 0.1) is 17.5 Å². The van der Waals surface area contributed by atoms with Gasteiger partial charge in [0, 0.05) is 18.9 Å². The first-order valence-corrected chi connectivity index (χ1v) is 7.55. The van der Waals surface area contributed by atoms with E-state index in [2.05, 4.69) is 15.6 Å². The van der Waals surface area contributed by atoms with E-state index in [1.165, 1.54) is 6.07 Å². The zero-order valence-electron chi connectivity index (χ0n) is 13.3. The molecule has 1 unspecified atom stereocenters. The van der Waals surface area contributed by atoms with Crippen LogP contribution in [-0.2, 0) is 0 Å². The van der Waals surface area contributed by atoms with E-state index in [9.17, 15) is 18.7 Å². The molecule has 0 aliphatic carbocycles. The van der Waals surface area contributed by atoms with Crippen LogP contribution in [0.5, 0.6) is 0 Å². The van der Waals surface area contributed by atoms with Crippen molar-refractivity contribution in [3.63, 3.8) is 0 Å². The van der Waals surface area contributed by atoms with Crippen LogP contribution in [0.15, 0.2) is 42.7 Å². The molecule has 0 radical (unpaired) electrons. The topological polar surface area (TPSA) is 78.7 Å². The second-order valence-corrected chi connectivity index (χ2v) is 5.59. The van der Waals surface area contributed by atoms with Crippen LogP contribution in [0.2, 0.25) is 0 Å². The minimum absolute atomic E-state index is 0.149. The first-order chi connectivity index (χ1) is 11.9. The number of aliphatic hydroxyl groups is 1. The highest BCUT2D eigenvalue weighted by atomic mass is 19.2. The third-order valence-electron chi connectivity index (χ3n) is 3.61. The van der Waals surface area contributed by atoms with Crippen molar-refractivity contribution < 1.29 is 18.7 Å². The molecule has 1 atom stereocenters. The molecule has 3 rings (SSSR count). The number of amides is 2. The van der Waals surface area contributed by atoms with Crippen molar-refractivity contribution in [1.82, 2.24) is 14.7 Å². The van der Waals surface area contributed by atoms with Gasteiger partial charge in [-0.1, -0.05) is 6.07 Å². The van der Waals surface area contributed by atoms with E-state index in [4.69, 9.17) is 0 Å². The Morgan fingerprint density at radius 2 is 2.04 bits per heavy atom. The maximum absolute atomic E-state index is 13.2. The lowest BCUT2D eigenvalue weighted by Gasteiger charge is -2.13. The predicted molar refractivity (Wildman–Crippen MR) is 88.3 cm³/mol. The van der Waals surface area contributed by atoms with Gasteiger partial charge in [-0.05, 0) is 36.8 Å². The molecule has 0 aliphatic rings. The molecule has 0 fully saturated rings. The molecule has 8 heteroatoms. The second-order valence-electron chi connectivity index (χ2n) is 5.59. The Bertz CT molecular complexity index is 926. The number of rotatable bonds is 4. The summed E-state index contributed by atoms with van der Waals surface area (Å²) in [5.74, 6) is -2.04. The highest BCUT2D eigenvalue weighted by Gasteiger charge is 2.12. The fourth-order valence-corrected chi connectivity index (χ4v) is 2.39. The predicted octanol–water partition coefficient (Wildman–Crippen LogP) is 2.78. The smallest absolute Gasteiger partial charge is 0.319 e. The van der Waals surface area contributed by atoms with Gasteiger partial charge in [-0.2, -0.15) is 0 Å². The highest BCUT2D eigenvalue weighted by Crippen LogP contribution is 2.16. The number of aromatic nitrogens is 2. The molecule has 130 valence electrons. The lowest BCUT2D eigenvalue weighted by molar-refractivity contribution is 0.174. The molecule has 2 aromatic heterocycles. The number of aliphatic hydroxyl groups excluding tert-OH is 1. The number of pyridine rings is 1. The van der Waals surface area contributed by atoms with Gasteiger partial charge in [0.15, 0.2) is 11.6 Å². The summed E-state index contributed by atoms with van der Waals surface area (Å²) in [5, 5.41) is 15.1. The maximum atomic E-state index is 13.2. The Balaban J connectivity index is 1.58. The molecule has 0 bridgehead atoms. The summed E-state index contributed by atoms with van der Waals surface area (Å²) in [5.41, 5.74) is 2.34. The molecule has 0 saturated heterocycles. The zero-order valence-corrected chi connectivity index (χ0v) is 13.3. The number of hydrogen-bond acceptors (Lipinski definition) is 3. The number of carbonyl (C=O) groups excluding carboxylic acids is 1. The standard InChI is InChI=1S/C17H16F2N4O2/c1-10-8-23-9-12(3-5-16(23)21-10)22-17(25)20-7-15(24)11-2-4-13(18)14(19)6-11/h2-6,8-9,15,24H,7H2,1H3,(H2,20,22,25).